The third kappa shape index (κ3) is 6.71. The van der Waals surface area contributed by atoms with Crippen molar-refractivity contribution >= 4 is 29.9 Å². The molecule has 110 valence electrons. The van der Waals surface area contributed by atoms with Gasteiger partial charge in [0.25, 0.3) is 0 Å². The van der Waals surface area contributed by atoms with Crippen LogP contribution in [0.2, 0.25) is 0 Å². The number of hydrogen-bond acceptors (Lipinski definition) is 4. The maximum Gasteiger partial charge on any atom is 0.191 e. The van der Waals surface area contributed by atoms with E-state index in [4.69, 9.17) is 0 Å². The molecule has 0 radical (unpaired) electrons. The SMILES string of the molecule is CCN(C)CCNC(=NC)NCc1ncnn1C.I. The average molecular weight is 381 g/mol. The van der Waals surface area contributed by atoms with E-state index in [1.807, 2.05) is 7.05 Å². The van der Waals surface area contributed by atoms with Crippen LogP contribution in [-0.4, -0.2) is 59.4 Å². The molecule has 7 nitrogen and oxygen atoms in total. The number of hydrogen-bond donors (Lipinski definition) is 2. The summed E-state index contributed by atoms with van der Waals surface area (Å²) >= 11 is 0. The van der Waals surface area contributed by atoms with Crippen molar-refractivity contribution in [2.45, 2.75) is 13.5 Å². The minimum atomic E-state index is 0. The molecule has 0 unspecified atom stereocenters. The first-order chi connectivity index (χ1) is 8.67. The lowest BCUT2D eigenvalue weighted by Crippen LogP contribution is -2.40. The molecule has 0 aliphatic carbocycles. The average Bonchev–Trinajstić information content (AvgIpc) is 2.78. The smallest absolute Gasteiger partial charge is 0.191 e. The highest BCUT2D eigenvalue weighted by atomic mass is 127. The number of halogens is 1. The minimum absolute atomic E-state index is 0. The monoisotopic (exact) mass is 381 g/mol. The topological polar surface area (TPSA) is 70.4 Å². The van der Waals surface area contributed by atoms with Gasteiger partial charge in [0.1, 0.15) is 12.2 Å². The number of likely N-dealkylation sites (N-methyl/N-ethyl adjacent to an activating group) is 1. The summed E-state index contributed by atoms with van der Waals surface area (Å²) in [5.74, 6) is 1.66. The first kappa shape index (κ1) is 18.1. The Morgan fingerprint density at radius 1 is 1.47 bits per heavy atom. The fraction of sp³-hybridized carbons (Fsp3) is 0.727. The standard InChI is InChI=1S/C11H23N7.HI/c1-5-17(3)7-6-13-11(12-2)14-8-10-15-9-16-18(10)4;/h9H,5-8H2,1-4H3,(H2,12,13,14);1H. The van der Waals surface area contributed by atoms with Crippen LogP contribution in [0, 0.1) is 0 Å². The molecule has 1 rings (SSSR count). The van der Waals surface area contributed by atoms with Gasteiger partial charge in [-0.25, -0.2) is 4.98 Å². The Bertz CT molecular complexity index is 377. The van der Waals surface area contributed by atoms with Crippen LogP contribution < -0.4 is 10.6 Å². The van der Waals surface area contributed by atoms with Crippen molar-refractivity contribution in [3.05, 3.63) is 12.2 Å². The first-order valence-electron chi connectivity index (χ1n) is 6.13. The van der Waals surface area contributed by atoms with Gasteiger partial charge in [-0.05, 0) is 13.6 Å². The van der Waals surface area contributed by atoms with E-state index in [0.29, 0.717) is 6.54 Å². The van der Waals surface area contributed by atoms with E-state index >= 15 is 0 Å². The Balaban J connectivity index is 0.00000324. The molecular formula is C11H24IN7. The number of nitrogens with zero attached hydrogens (tertiary/aromatic N) is 5. The van der Waals surface area contributed by atoms with Gasteiger partial charge in [-0.3, -0.25) is 9.67 Å². The van der Waals surface area contributed by atoms with E-state index in [1.165, 1.54) is 0 Å². The normalized spacial score (nSPS) is 11.3. The van der Waals surface area contributed by atoms with Crippen molar-refractivity contribution in [3.8, 4) is 0 Å². The van der Waals surface area contributed by atoms with Crippen LogP contribution in [-0.2, 0) is 13.6 Å². The molecule has 0 spiro atoms. The maximum atomic E-state index is 4.16. The summed E-state index contributed by atoms with van der Waals surface area (Å²) in [5, 5.41) is 10.5. The predicted octanol–water partition coefficient (Wildman–Crippen LogP) is 0.0498. The molecule has 1 aromatic heterocycles. The minimum Gasteiger partial charge on any atom is -0.355 e. The van der Waals surface area contributed by atoms with Gasteiger partial charge in [0.2, 0.25) is 0 Å². The summed E-state index contributed by atoms with van der Waals surface area (Å²) < 4.78 is 1.74. The van der Waals surface area contributed by atoms with Crippen LogP contribution in [0.4, 0.5) is 0 Å². The van der Waals surface area contributed by atoms with E-state index in [1.54, 1.807) is 18.1 Å². The van der Waals surface area contributed by atoms with Gasteiger partial charge in [0, 0.05) is 27.2 Å². The van der Waals surface area contributed by atoms with Gasteiger partial charge in [-0.2, -0.15) is 5.10 Å². The molecule has 1 aromatic rings. The van der Waals surface area contributed by atoms with Crippen molar-refractivity contribution in [2.75, 3.05) is 33.7 Å². The number of aryl methyl sites for hydroxylation is 1. The summed E-state index contributed by atoms with van der Waals surface area (Å²) in [7, 11) is 5.73. The molecule has 8 heteroatoms. The Morgan fingerprint density at radius 3 is 2.74 bits per heavy atom. The molecule has 0 aliphatic rings. The van der Waals surface area contributed by atoms with E-state index in [2.05, 4.69) is 44.6 Å². The number of rotatable bonds is 6. The van der Waals surface area contributed by atoms with Crippen molar-refractivity contribution in [3.63, 3.8) is 0 Å². The van der Waals surface area contributed by atoms with E-state index in [-0.39, 0.29) is 24.0 Å². The van der Waals surface area contributed by atoms with Gasteiger partial charge in [0.05, 0.1) is 6.54 Å². The Kier molecular flexibility index (Phi) is 9.48. The third-order valence-corrected chi connectivity index (χ3v) is 2.77. The van der Waals surface area contributed by atoms with Crippen LogP contribution in [0.15, 0.2) is 11.3 Å². The molecule has 0 aromatic carbocycles. The lowest BCUT2D eigenvalue weighted by atomic mass is 10.5. The lowest BCUT2D eigenvalue weighted by Gasteiger charge is -2.16. The summed E-state index contributed by atoms with van der Waals surface area (Å²) in [5.41, 5.74) is 0. The van der Waals surface area contributed by atoms with E-state index in [9.17, 15) is 0 Å². The number of aliphatic imine (C=N–C) groups is 1. The summed E-state index contributed by atoms with van der Waals surface area (Å²) in [4.78, 5) is 10.5. The van der Waals surface area contributed by atoms with Crippen molar-refractivity contribution in [2.24, 2.45) is 12.0 Å². The number of guanidine groups is 1. The van der Waals surface area contributed by atoms with E-state index < -0.39 is 0 Å². The summed E-state index contributed by atoms with van der Waals surface area (Å²) in [6.45, 7) is 5.65. The molecule has 0 bridgehead atoms. The molecule has 1 heterocycles. The zero-order valence-electron chi connectivity index (χ0n) is 12.1. The van der Waals surface area contributed by atoms with Gasteiger partial charge in [0.15, 0.2) is 5.96 Å². The molecular weight excluding hydrogens is 357 g/mol. The van der Waals surface area contributed by atoms with Crippen molar-refractivity contribution < 1.29 is 0 Å². The fourth-order valence-corrected chi connectivity index (χ4v) is 1.39. The summed E-state index contributed by atoms with van der Waals surface area (Å²) in [6.07, 6.45) is 1.55. The van der Waals surface area contributed by atoms with Crippen LogP contribution in [0.1, 0.15) is 12.7 Å². The Morgan fingerprint density at radius 2 is 2.21 bits per heavy atom. The van der Waals surface area contributed by atoms with Crippen molar-refractivity contribution in [1.29, 1.82) is 0 Å². The zero-order chi connectivity index (χ0) is 13.4. The highest BCUT2D eigenvalue weighted by molar-refractivity contribution is 14.0. The maximum absolute atomic E-state index is 4.16. The quantitative estimate of drug-likeness (QED) is 0.414. The molecule has 0 amide bonds. The Labute approximate surface area is 131 Å². The second kappa shape index (κ2) is 9.96. The lowest BCUT2D eigenvalue weighted by molar-refractivity contribution is 0.357. The molecule has 0 saturated carbocycles. The van der Waals surface area contributed by atoms with Crippen molar-refractivity contribution in [1.82, 2.24) is 30.3 Å². The third-order valence-electron chi connectivity index (χ3n) is 2.77. The first-order valence-corrected chi connectivity index (χ1v) is 6.13. The van der Waals surface area contributed by atoms with Gasteiger partial charge in [-0.1, -0.05) is 6.92 Å². The molecule has 0 saturated heterocycles. The second-order valence-electron chi connectivity index (χ2n) is 4.05. The van der Waals surface area contributed by atoms with Gasteiger partial charge in [-0.15, -0.1) is 24.0 Å². The Hall–Kier alpha value is -0.900. The van der Waals surface area contributed by atoms with E-state index in [0.717, 1.165) is 31.4 Å². The van der Waals surface area contributed by atoms with Crippen LogP contribution in [0.5, 0.6) is 0 Å². The molecule has 19 heavy (non-hydrogen) atoms. The van der Waals surface area contributed by atoms with Gasteiger partial charge < -0.3 is 15.5 Å². The molecule has 0 fully saturated rings. The second-order valence-corrected chi connectivity index (χ2v) is 4.05. The van der Waals surface area contributed by atoms with Gasteiger partial charge >= 0.3 is 0 Å². The summed E-state index contributed by atoms with van der Waals surface area (Å²) in [6, 6.07) is 0. The molecule has 2 N–H and O–H groups in total. The van der Waals surface area contributed by atoms with Crippen LogP contribution in [0.3, 0.4) is 0 Å². The molecule has 0 aliphatic heterocycles. The zero-order valence-corrected chi connectivity index (χ0v) is 14.4. The largest absolute Gasteiger partial charge is 0.355 e. The highest BCUT2D eigenvalue weighted by Gasteiger charge is 2.02. The molecule has 0 atom stereocenters. The fourth-order valence-electron chi connectivity index (χ4n) is 1.39. The number of aromatic nitrogens is 3. The number of nitrogens with one attached hydrogen (secondary N) is 2. The van der Waals surface area contributed by atoms with Crippen LogP contribution in [0.25, 0.3) is 0 Å². The van der Waals surface area contributed by atoms with Crippen LogP contribution >= 0.6 is 24.0 Å². The highest BCUT2D eigenvalue weighted by Crippen LogP contribution is 1.88. The predicted molar refractivity (Wildman–Crippen MR) is 87.8 cm³/mol.